The Hall–Kier alpha value is -5.83. The van der Waals surface area contributed by atoms with Gasteiger partial charge >= 0.3 is 0 Å². The number of aromatic hydroxyl groups is 1. The van der Waals surface area contributed by atoms with E-state index in [4.69, 9.17) is 9.97 Å². The number of fused-ring (bicyclic) bond motifs is 5. The van der Waals surface area contributed by atoms with Crippen molar-refractivity contribution in [1.29, 1.82) is 0 Å². The van der Waals surface area contributed by atoms with Crippen molar-refractivity contribution in [2.75, 3.05) is 0 Å². The second-order valence-corrected chi connectivity index (χ2v) is 22.4. The zero-order valence-corrected chi connectivity index (χ0v) is 43.6. The zero-order chi connectivity index (χ0) is 47.0. The molecule has 2 aromatic heterocycles. The molecule has 0 bridgehead atoms. The van der Waals surface area contributed by atoms with E-state index in [1.807, 2.05) is 6.20 Å². The molecule has 0 spiro atoms. The molecule has 1 fully saturated rings. The number of rotatable bonds is 7. The Morgan fingerprint density at radius 3 is 2.03 bits per heavy atom. The SMILES string of the molecule is CC(C)c1cc(-c2ccccc2)ccc1-n1c(-c2cc(C(C)(C)C)cc(C(C)(C)C)c2O)nc2c3c(ccc4ccc(-c5cc(-c6ccc(C7CCC(C)(C)CC7)cc6)ccn5)[c-]c43)ccc21.[Pt]. The van der Waals surface area contributed by atoms with Crippen molar-refractivity contribution in [3.05, 3.63) is 168 Å². The van der Waals surface area contributed by atoms with Gasteiger partial charge in [-0.3, -0.25) is 9.55 Å². The maximum atomic E-state index is 12.5. The normalized spacial score (nSPS) is 14.5. The van der Waals surface area contributed by atoms with Gasteiger partial charge < -0.3 is 5.11 Å². The topological polar surface area (TPSA) is 50.9 Å². The van der Waals surface area contributed by atoms with Crippen LogP contribution in [0.5, 0.6) is 5.75 Å². The molecule has 0 aliphatic heterocycles. The number of pyridine rings is 1. The molecule has 1 aliphatic rings. The second-order valence-electron chi connectivity index (χ2n) is 22.4. The quantitative estimate of drug-likeness (QED) is 0.128. The molecule has 9 aromatic rings. The molecule has 1 N–H and O–H groups in total. The van der Waals surface area contributed by atoms with Gasteiger partial charge in [-0.05, 0) is 134 Å². The van der Waals surface area contributed by atoms with Crippen molar-refractivity contribution in [1.82, 2.24) is 14.5 Å². The molecular weight excluding hydrogens is 1010 g/mol. The summed E-state index contributed by atoms with van der Waals surface area (Å²) in [6, 6.07) is 52.4. The molecule has 2 heterocycles. The predicted octanol–water partition coefficient (Wildman–Crippen LogP) is 17.3. The van der Waals surface area contributed by atoms with Gasteiger partial charge in [0.2, 0.25) is 0 Å². The van der Waals surface area contributed by atoms with E-state index in [9.17, 15) is 5.11 Å². The van der Waals surface area contributed by atoms with E-state index in [-0.39, 0.29) is 43.6 Å². The molecule has 1 aliphatic carbocycles. The smallest absolute Gasteiger partial charge is 0.148 e. The van der Waals surface area contributed by atoms with Crippen LogP contribution >= 0.6 is 0 Å². The van der Waals surface area contributed by atoms with E-state index in [0.717, 1.165) is 71.8 Å². The fourth-order valence-electron chi connectivity index (χ4n) is 10.4. The van der Waals surface area contributed by atoms with E-state index in [1.54, 1.807) is 0 Å². The number of nitrogens with zero attached hydrogens (tertiary/aromatic N) is 3. The Labute approximate surface area is 418 Å². The Bertz CT molecular complexity index is 3320. The van der Waals surface area contributed by atoms with Crippen LogP contribution in [0.3, 0.4) is 0 Å². The number of imidazole rings is 1. The van der Waals surface area contributed by atoms with Gasteiger partial charge in [-0.2, -0.15) is 0 Å². The van der Waals surface area contributed by atoms with Gasteiger partial charge in [0.25, 0.3) is 0 Å². The maximum Gasteiger partial charge on any atom is 0.148 e. The largest absolute Gasteiger partial charge is 0.507 e. The van der Waals surface area contributed by atoms with Crippen LogP contribution in [0.2, 0.25) is 0 Å². The third-order valence-electron chi connectivity index (χ3n) is 14.6. The van der Waals surface area contributed by atoms with Gasteiger partial charge in [0.1, 0.15) is 11.6 Å². The summed E-state index contributed by atoms with van der Waals surface area (Å²) >= 11 is 0. The van der Waals surface area contributed by atoms with Crippen LogP contribution in [0.1, 0.15) is 129 Å². The van der Waals surface area contributed by atoms with Crippen LogP contribution < -0.4 is 0 Å². The first kappa shape index (κ1) is 47.2. The van der Waals surface area contributed by atoms with Crippen LogP contribution in [0.25, 0.3) is 83.2 Å². The fourth-order valence-corrected chi connectivity index (χ4v) is 10.4. The molecule has 348 valence electrons. The summed E-state index contributed by atoms with van der Waals surface area (Å²) in [4.78, 5) is 10.6. The van der Waals surface area contributed by atoms with Gasteiger partial charge in [-0.25, -0.2) is 4.98 Å². The summed E-state index contributed by atoms with van der Waals surface area (Å²) in [6.45, 7) is 22.6. The monoisotopic (exact) mass is 1070 g/mol. The van der Waals surface area contributed by atoms with Crippen LogP contribution in [0.15, 0.2) is 140 Å². The van der Waals surface area contributed by atoms with Gasteiger partial charge in [0.05, 0.1) is 22.3 Å². The minimum Gasteiger partial charge on any atom is -0.507 e. The summed E-state index contributed by atoms with van der Waals surface area (Å²) in [5.41, 5.74) is 14.8. The summed E-state index contributed by atoms with van der Waals surface area (Å²) in [5.74, 6) is 1.83. The molecule has 0 atom stereocenters. The Kier molecular flexibility index (Phi) is 12.4. The minimum absolute atomic E-state index is 0. The van der Waals surface area contributed by atoms with Crippen LogP contribution in [-0.4, -0.2) is 19.6 Å². The molecule has 10 rings (SSSR count). The number of aromatic nitrogens is 3. The minimum atomic E-state index is -0.312. The Morgan fingerprint density at radius 2 is 1.34 bits per heavy atom. The van der Waals surface area contributed by atoms with Crippen LogP contribution in [0.4, 0.5) is 0 Å². The van der Waals surface area contributed by atoms with Crippen molar-refractivity contribution in [3.8, 4) is 56.3 Å². The molecule has 68 heavy (non-hydrogen) atoms. The average Bonchev–Trinajstić information content (AvgIpc) is 3.70. The maximum absolute atomic E-state index is 12.5. The molecule has 7 aromatic carbocycles. The van der Waals surface area contributed by atoms with Crippen LogP contribution in [0, 0.1) is 11.5 Å². The van der Waals surface area contributed by atoms with Crippen molar-refractivity contribution in [3.63, 3.8) is 0 Å². The van der Waals surface area contributed by atoms with Crippen molar-refractivity contribution >= 4 is 32.6 Å². The van der Waals surface area contributed by atoms with E-state index in [0.29, 0.717) is 17.2 Å². The van der Waals surface area contributed by atoms with Gasteiger partial charge in [-0.1, -0.05) is 171 Å². The molecule has 4 nitrogen and oxygen atoms in total. The summed E-state index contributed by atoms with van der Waals surface area (Å²) in [6.07, 6.45) is 7.02. The second kappa shape index (κ2) is 17.9. The third-order valence-corrected chi connectivity index (χ3v) is 14.6. The molecule has 0 saturated heterocycles. The van der Waals surface area contributed by atoms with E-state index >= 15 is 0 Å². The summed E-state index contributed by atoms with van der Waals surface area (Å²) in [5, 5.41) is 16.7. The first-order valence-corrected chi connectivity index (χ1v) is 24.4. The van der Waals surface area contributed by atoms with Crippen LogP contribution in [-0.2, 0) is 31.9 Å². The van der Waals surface area contributed by atoms with Gasteiger partial charge in [0, 0.05) is 38.5 Å². The molecule has 5 heteroatoms. The fraction of sp³-hybridized carbons (Fsp3) is 0.302. The number of hydrogen-bond acceptors (Lipinski definition) is 3. The number of phenols is 1. The first-order valence-electron chi connectivity index (χ1n) is 24.4. The number of phenolic OH excluding ortho intramolecular Hbond substituents is 1. The summed E-state index contributed by atoms with van der Waals surface area (Å²) < 4.78 is 2.31. The number of benzene rings is 7. The molecule has 0 amide bonds. The van der Waals surface area contributed by atoms with Crippen molar-refractivity contribution in [2.45, 2.75) is 118 Å². The Morgan fingerprint density at radius 1 is 0.691 bits per heavy atom. The molecule has 0 unspecified atom stereocenters. The first-order chi connectivity index (χ1) is 31.9. The van der Waals surface area contributed by atoms with E-state index < -0.39 is 0 Å². The predicted molar refractivity (Wildman–Crippen MR) is 283 cm³/mol. The van der Waals surface area contributed by atoms with Crippen molar-refractivity contribution in [2.24, 2.45) is 5.41 Å². The number of hydrogen-bond donors (Lipinski definition) is 1. The molecular formula is C63H64N3OPt-. The third kappa shape index (κ3) is 8.86. The summed E-state index contributed by atoms with van der Waals surface area (Å²) in [7, 11) is 0. The molecule has 1 saturated carbocycles. The van der Waals surface area contributed by atoms with E-state index in [1.165, 1.54) is 53.5 Å². The zero-order valence-electron chi connectivity index (χ0n) is 41.4. The Balaban J connectivity index is 0.00000578. The van der Waals surface area contributed by atoms with Gasteiger partial charge in [0.15, 0.2) is 0 Å². The standard InChI is InChI=1S/C63H64N3O.Pt/c1-39(2)50-34-46(40-14-12-11-13-15-40)25-26-55(50)66-56-27-24-45-22-20-44-21-23-48(54-36-47(30-33-64-54)42-18-16-41(17-19-42)43-28-31-63(9,10)32-29-43)35-51(44)57(45)58(56)65-60(66)52-37-49(61(3,4)5)38-53(59(52)67)62(6,7)8;/h11-27,30,33-34,36-39,43,67H,28-29,31-32H2,1-10H3;/q-1;. The van der Waals surface area contributed by atoms with E-state index in [2.05, 4.69) is 213 Å². The van der Waals surface area contributed by atoms with Crippen molar-refractivity contribution < 1.29 is 26.2 Å². The molecule has 0 radical (unpaired) electrons. The van der Waals surface area contributed by atoms with Gasteiger partial charge in [-0.15, -0.1) is 23.6 Å². The average molecular weight is 1070 g/mol.